The van der Waals surface area contributed by atoms with E-state index < -0.39 is 0 Å². The first-order chi connectivity index (χ1) is 11.8. The van der Waals surface area contributed by atoms with Crippen LogP contribution in [-0.2, 0) is 13.6 Å². The normalized spacial score (nSPS) is 10.9. The van der Waals surface area contributed by atoms with E-state index in [9.17, 15) is 4.79 Å². The van der Waals surface area contributed by atoms with Gasteiger partial charge < -0.3 is 5.32 Å². The molecule has 0 saturated heterocycles. The number of amides is 1. The minimum Gasteiger partial charge on any atom is -0.304 e. The number of aryl methyl sites for hydroxylation is 2. The van der Waals surface area contributed by atoms with E-state index in [-0.39, 0.29) is 5.91 Å². The SMILES string of the molecule is Cc1nn(C)cc1C(=O)Nc1nn(Cc2ccc(Cl)cc2Cl)cc1Br. The standard InChI is InChI=1S/C16H14BrCl2N5O/c1-9-12(7-23(2)21-9)16(25)20-15-13(17)8-24(22-15)6-10-3-4-11(18)5-14(10)19/h3-5,7-8H,6H2,1-2H3,(H,20,22,25). The van der Waals surface area contributed by atoms with Crippen molar-refractivity contribution in [2.45, 2.75) is 13.5 Å². The van der Waals surface area contributed by atoms with Crippen molar-refractivity contribution in [1.82, 2.24) is 19.6 Å². The van der Waals surface area contributed by atoms with Crippen molar-refractivity contribution in [3.63, 3.8) is 0 Å². The van der Waals surface area contributed by atoms with Crippen molar-refractivity contribution in [2.24, 2.45) is 7.05 Å². The molecular formula is C16H14BrCl2N5O. The van der Waals surface area contributed by atoms with Crippen molar-refractivity contribution in [3.05, 3.63) is 61.9 Å². The number of rotatable bonds is 4. The van der Waals surface area contributed by atoms with Crippen LogP contribution in [0.4, 0.5) is 5.82 Å². The summed E-state index contributed by atoms with van der Waals surface area (Å²) >= 11 is 15.5. The fourth-order valence-corrected chi connectivity index (χ4v) is 3.27. The van der Waals surface area contributed by atoms with Crippen LogP contribution in [0.25, 0.3) is 0 Å². The quantitative estimate of drug-likeness (QED) is 0.655. The Balaban J connectivity index is 1.78. The van der Waals surface area contributed by atoms with Crippen LogP contribution >= 0.6 is 39.1 Å². The van der Waals surface area contributed by atoms with E-state index in [2.05, 4.69) is 31.4 Å². The van der Waals surface area contributed by atoms with Crippen LogP contribution in [0.15, 0.2) is 35.1 Å². The summed E-state index contributed by atoms with van der Waals surface area (Å²) in [5.74, 6) is 0.166. The Morgan fingerprint density at radius 1 is 1.28 bits per heavy atom. The van der Waals surface area contributed by atoms with E-state index in [4.69, 9.17) is 23.2 Å². The maximum atomic E-state index is 12.4. The molecule has 0 bridgehead atoms. The highest BCUT2D eigenvalue weighted by Gasteiger charge is 2.16. The van der Waals surface area contributed by atoms with Crippen molar-refractivity contribution >= 4 is 50.9 Å². The highest BCUT2D eigenvalue weighted by atomic mass is 79.9. The number of nitrogens with zero attached hydrogens (tertiary/aromatic N) is 4. The molecule has 0 unspecified atom stereocenters. The van der Waals surface area contributed by atoms with Crippen LogP contribution in [0.3, 0.4) is 0 Å². The van der Waals surface area contributed by atoms with Gasteiger partial charge in [-0.1, -0.05) is 29.3 Å². The van der Waals surface area contributed by atoms with Gasteiger partial charge in [0.1, 0.15) is 0 Å². The summed E-state index contributed by atoms with van der Waals surface area (Å²) in [5.41, 5.74) is 2.04. The van der Waals surface area contributed by atoms with Gasteiger partial charge in [-0.2, -0.15) is 10.2 Å². The monoisotopic (exact) mass is 441 g/mol. The number of hydrogen-bond donors (Lipinski definition) is 1. The molecule has 3 aromatic rings. The second-order valence-electron chi connectivity index (χ2n) is 5.51. The topological polar surface area (TPSA) is 64.7 Å². The Morgan fingerprint density at radius 2 is 2.04 bits per heavy atom. The molecule has 0 aliphatic heterocycles. The summed E-state index contributed by atoms with van der Waals surface area (Å²) in [4.78, 5) is 12.4. The smallest absolute Gasteiger partial charge is 0.260 e. The van der Waals surface area contributed by atoms with Crippen molar-refractivity contribution in [1.29, 1.82) is 0 Å². The summed E-state index contributed by atoms with van der Waals surface area (Å²) < 4.78 is 3.96. The molecule has 0 radical (unpaired) electrons. The molecule has 1 N–H and O–H groups in total. The second kappa shape index (κ2) is 7.19. The van der Waals surface area contributed by atoms with Crippen LogP contribution in [0.1, 0.15) is 21.6 Å². The zero-order valence-corrected chi connectivity index (χ0v) is 16.5. The van der Waals surface area contributed by atoms with Crippen LogP contribution in [0, 0.1) is 6.92 Å². The molecule has 0 aliphatic rings. The molecule has 0 atom stereocenters. The Morgan fingerprint density at radius 3 is 2.68 bits per heavy atom. The lowest BCUT2D eigenvalue weighted by Crippen LogP contribution is -2.13. The molecule has 6 nitrogen and oxygen atoms in total. The van der Waals surface area contributed by atoms with E-state index >= 15 is 0 Å². The lowest BCUT2D eigenvalue weighted by Gasteiger charge is -2.05. The lowest BCUT2D eigenvalue weighted by atomic mass is 10.2. The maximum Gasteiger partial charge on any atom is 0.260 e. The molecule has 1 amide bonds. The van der Waals surface area contributed by atoms with Crippen LogP contribution < -0.4 is 5.32 Å². The Kier molecular flexibility index (Phi) is 5.17. The van der Waals surface area contributed by atoms with Gasteiger partial charge in [-0.3, -0.25) is 14.2 Å². The Hall–Kier alpha value is -1.83. The number of carbonyl (C=O) groups is 1. The zero-order valence-electron chi connectivity index (χ0n) is 13.4. The van der Waals surface area contributed by atoms with Crippen LogP contribution in [0.2, 0.25) is 10.0 Å². The van der Waals surface area contributed by atoms with Gasteiger partial charge in [0.15, 0.2) is 5.82 Å². The fraction of sp³-hybridized carbons (Fsp3) is 0.188. The Labute approximate surface area is 162 Å². The molecule has 3 rings (SSSR count). The average molecular weight is 443 g/mol. The minimum absolute atomic E-state index is 0.263. The molecule has 9 heteroatoms. The van der Waals surface area contributed by atoms with E-state index in [0.717, 1.165) is 5.56 Å². The highest BCUT2D eigenvalue weighted by molar-refractivity contribution is 9.10. The molecule has 0 fully saturated rings. The van der Waals surface area contributed by atoms with Gasteiger partial charge in [0.25, 0.3) is 5.91 Å². The predicted octanol–water partition coefficient (Wildman–Crippen LogP) is 4.29. The van der Waals surface area contributed by atoms with Crippen molar-refractivity contribution in [2.75, 3.05) is 5.32 Å². The maximum absolute atomic E-state index is 12.4. The zero-order chi connectivity index (χ0) is 18.1. The molecule has 0 spiro atoms. The third-order valence-corrected chi connectivity index (χ3v) is 4.72. The Bertz CT molecular complexity index is 950. The number of aromatic nitrogens is 4. The van der Waals surface area contributed by atoms with Crippen LogP contribution in [0.5, 0.6) is 0 Å². The first kappa shape index (κ1) is 18.0. The molecule has 2 heterocycles. The van der Waals surface area contributed by atoms with E-state index in [1.807, 2.05) is 6.07 Å². The minimum atomic E-state index is -0.263. The molecule has 0 saturated carbocycles. The number of benzene rings is 1. The fourth-order valence-electron chi connectivity index (χ4n) is 2.38. The number of hydrogen-bond acceptors (Lipinski definition) is 3. The van der Waals surface area contributed by atoms with Crippen molar-refractivity contribution in [3.8, 4) is 0 Å². The van der Waals surface area contributed by atoms with Gasteiger partial charge in [0.05, 0.1) is 22.3 Å². The molecular weight excluding hydrogens is 429 g/mol. The molecule has 2 aromatic heterocycles. The van der Waals surface area contributed by atoms with E-state index in [1.54, 1.807) is 47.9 Å². The van der Waals surface area contributed by atoms with Gasteiger partial charge in [0, 0.05) is 29.5 Å². The predicted molar refractivity (Wildman–Crippen MR) is 101 cm³/mol. The summed E-state index contributed by atoms with van der Waals surface area (Å²) in [5, 5.41) is 12.5. The van der Waals surface area contributed by atoms with Crippen LogP contribution in [-0.4, -0.2) is 25.5 Å². The summed E-state index contributed by atoms with van der Waals surface area (Å²) in [7, 11) is 1.77. The third kappa shape index (κ3) is 4.05. The first-order valence-corrected chi connectivity index (χ1v) is 8.87. The first-order valence-electron chi connectivity index (χ1n) is 7.32. The number of carbonyl (C=O) groups excluding carboxylic acids is 1. The number of anilines is 1. The van der Waals surface area contributed by atoms with Gasteiger partial charge >= 0.3 is 0 Å². The molecule has 1 aromatic carbocycles. The lowest BCUT2D eigenvalue weighted by molar-refractivity contribution is 0.102. The van der Waals surface area contributed by atoms with E-state index in [1.165, 1.54) is 0 Å². The number of halogens is 3. The molecule has 130 valence electrons. The summed E-state index contributed by atoms with van der Waals surface area (Å²) in [6.07, 6.45) is 3.44. The van der Waals surface area contributed by atoms with Gasteiger partial charge in [0.2, 0.25) is 0 Å². The number of nitrogens with one attached hydrogen (secondary N) is 1. The largest absolute Gasteiger partial charge is 0.304 e. The highest BCUT2D eigenvalue weighted by Crippen LogP contribution is 2.25. The summed E-state index contributed by atoms with van der Waals surface area (Å²) in [6.45, 7) is 2.24. The van der Waals surface area contributed by atoms with E-state index in [0.29, 0.717) is 38.1 Å². The second-order valence-corrected chi connectivity index (χ2v) is 7.21. The van der Waals surface area contributed by atoms with Crippen molar-refractivity contribution < 1.29 is 4.79 Å². The molecule has 0 aliphatic carbocycles. The average Bonchev–Trinajstić information content (AvgIpc) is 3.04. The summed E-state index contributed by atoms with van der Waals surface area (Å²) in [6, 6.07) is 5.30. The molecule has 25 heavy (non-hydrogen) atoms. The third-order valence-electron chi connectivity index (χ3n) is 3.55. The van der Waals surface area contributed by atoms with Gasteiger partial charge in [-0.05, 0) is 40.5 Å². The van der Waals surface area contributed by atoms with Gasteiger partial charge in [-0.15, -0.1) is 0 Å². The van der Waals surface area contributed by atoms with Gasteiger partial charge in [-0.25, -0.2) is 0 Å².